The maximum atomic E-state index is 10.5. The van der Waals surface area contributed by atoms with Crippen LogP contribution in [0.25, 0.3) is 0 Å². The van der Waals surface area contributed by atoms with Gasteiger partial charge >= 0.3 is 0 Å². The molecule has 6 atom stereocenters. The molecule has 2 aliphatic heterocycles. The van der Waals surface area contributed by atoms with Crippen molar-refractivity contribution in [1.82, 2.24) is 0 Å². The summed E-state index contributed by atoms with van der Waals surface area (Å²) in [5, 5.41) is 40.1. The van der Waals surface area contributed by atoms with Crippen molar-refractivity contribution in [3.63, 3.8) is 0 Å². The summed E-state index contributed by atoms with van der Waals surface area (Å²) >= 11 is 0. The van der Waals surface area contributed by atoms with Gasteiger partial charge in [0.2, 0.25) is 0 Å². The summed E-state index contributed by atoms with van der Waals surface area (Å²) in [5.74, 6) is 0.678. The third-order valence-electron chi connectivity index (χ3n) is 5.81. The molecule has 1 saturated heterocycles. The Morgan fingerprint density at radius 2 is 1.67 bits per heavy atom. The van der Waals surface area contributed by atoms with Gasteiger partial charge in [0.05, 0.1) is 6.61 Å². The fourth-order valence-electron chi connectivity index (χ4n) is 4.14. The first kappa shape index (κ1) is 21.2. The molecule has 7 nitrogen and oxygen atoms in total. The molecule has 4 rings (SSSR count). The van der Waals surface area contributed by atoms with E-state index in [9.17, 15) is 20.4 Å². The van der Waals surface area contributed by atoms with Crippen molar-refractivity contribution in [3.05, 3.63) is 64.7 Å². The quantitative estimate of drug-likeness (QED) is 0.586. The van der Waals surface area contributed by atoms with Crippen molar-refractivity contribution in [2.45, 2.75) is 56.4 Å². The van der Waals surface area contributed by atoms with Crippen LogP contribution in [0.2, 0.25) is 0 Å². The lowest BCUT2D eigenvalue weighted by Gasteiger charge is -2.40. The van der Waals surface area contributed by atoms with Crippen molar-refractivity contribution in [3.8, 4) is 5.75 Å². The van der Waals surface area contributed by atoms with Gasteiger partial charge in [-0.3, -0.25) is 0 Å². The third-order valence-corrected chi connectivity index (χ3v) is 5.81. The molecule has 0 aromatic heterocycles. The minimum Gasteiger partial charge on any atom is -0.467 e. The lowest BCUT2D eigenvalue weighted by atomic mass is 9.89. The standard InChI is InChI=1S/C23H28O7/c1-2-3-13-4-6-14(7-5-13)22-16-10-15(8-9-17(16)28-12-29-22)23-21(27)20(26)19(25)18(11-24)30-23/h4-10,18-27H,2-3,11-12H2,1H3. The van der Waals surface area contributed by atoms with E-state index < -0.39 is 37.1 Å². The zero-order valence-corrected chi connectivity index (χ0v) is 16.8. The van der Waals surface area contributed by atoms with Gasteiger partial charge in [-0.25, -0.2) is 0 Å². The summed E-state index contributed by atoms with van der Waals surface area (Å²) in [6.07, 6.45) is -4.25. The van der Waals surface area contributed by atoms with E-state index in [2.05, 4.69) is 19.1 Å². The summed E-state index contributed by atoms with van der Waals surface area (Å²) in [6.45, 7) is 1.81. The molecule has 2 heterocycles. The highest BCUT2D eigenvalue weighted by molar-refractivity contribution is 5.45. The second-order valence-electron chi connectivity index (χ2n) is 7.85. The highest BCUT2D eigenvalue weighted by atomic mass is 16.7. The van der Waals surface area contributed by atoms with E-state index in [4.69, 9.17) is 14.2 Å². The smallest absolute Gasteiger partial charge is 0.190 e. The van der Waals surface area contributed by atoms with Gasteiger partial charge in [-0.2, -0.15) is 0 Å². The Hall–Kier alpha value is -2.00. The van der Waals surface area contributed by atoms with Gasteiger partial charge in [0.15, 0.2) is 6.79 Å². The Morgan fingerprint density at radius 3 is 2.37 bits per heavy atom. The topological polar surface area (TPSA) is 109 Å². The molecule has 2 aromatic carbocycles. The monoisotopic (exact) mass is 416 g/mol. The highest BCUT2D eigenvalue weighted by Crippen LogP contribution is 2.40. The maximum Gasteiger partial charge on any atom is 0.190 e. The molecule has 0 spiro atoms. The van der Waals surface area contributed by atoms with E-state index >= 15 is 0 Å². The molecular formula is C23H28O7. The van der Waals surface area contributed by atoms with Crippen LogP contribution in [-0.4, -0.2) is 58.2 Å². The Bertz CT molecular complexity index is 851. The van der Waals surface area contributed by atoms with E-state index in [0.29, 0.717) is 11.3 Å². The van der Waals surface area contributed by atoms with Crippen molar-refractivity contribution >= 4 is 0 Å². The van der Waals surface area contributed by atoms with Gasteiger partial charge in [0.25, 0.3) is 0 Å². The fourth-order valence-corrected chi connectivity index (χ4v) is 4.14. The van der Waals surface area contributed by atoms with Crippen LogP contribution >= 0.6 is 0 Å². The number of hydrogen-bond acceptors (Lipinski definition) is 7. The number of aliphatic hydroxyl groups excluding tert-OH is 4. The average molecular weight is 416 g/mol. The second-order valence-corrected chi connectivity index (χ2v) is 7.85. The van der Waals surface area contributed by atoms with Gasteiger partial charge in [-0.1, -0.05) is 43.7 Å². The molecule has 0 radical (unpaired) electrons. The van der Waals surface area contributed by atoms with Gasteiger partial charge in [0.1, 0.15) is 42.4 Å². The molecule has 4 N–H and O–H groups in total. The highest BCUT2D eigenvalue weighted by Gasteiger charge is 2.44. The molecular weight excluding hydrogens is 388 g/mol. The molecule has 0 saturated carbocycles. The Kier molecular flexibility index (Phi) is 6.38. The molecule has 1 fully saturated rings. The van der Waals surface area contributed by atoms with Crippen molar-refractivity contribution in [2.75, 3.05) is 13.4 Å². The molecule has 0 aliphatic carbocycles. The van der Waals surface area contributed by atoms with E-state index in [0.717, 1.165) is 24.0 Å². The number of fused-ring (bicyclic) bond motifs is 1. The predicted molar refractivity (Wildman–Crippen MR) is 108 cm³/mol. The average Bonchev–Trinajstić information content (AvgIpc) is 2.78. The number of aryl methyl sites for hydroxylation is 1. The molecule has 0 amide bonds. The van der Waals surface area contributed by atoms with Crippen LogP contribution in [0.5, 0.6) is 5.75 Å². The SMILES string of the molecule is CCCc1ccc(C2OCOc3ccc(C4OC(CO)C(O)C(O)C4O)cc32)cc1. The molecule has 2 aromatic rings. The van der Waals surface area contributed by atoms with Crippen LogP contribution in [-0.2, 0) is 15.9 Å². The number of hydrogen-bond donors (Lipinski definition) is 4. The number of benzene rings is 2. The van der Waals surface area contributed by atoms with Gasteiger partial charge in [0, 0.05) is 5.56 Å². The van der Waals surface area contributed by atoms with E-state index in [-0.39, 0.29) is 12.9 Å². The van der Waals surface area contributed by atoms with Gasteiger partial charge < -0.3 is 34.6 Å². The summed E-state index contributed by atoms with van der Waals surface area (Å²) in [5.41, 5.74) is 3.65. The zero-order valence-electron chi connectivity index (χ0n) is 16.8. The summed E-state index contributed by atoms with van der Waals surface area (Å²) in [7, 11) is 0. The zero-order chi connectivity index (χ0) is 21.3. The summed E-state index contributed by atoms with van der Waals surface area (Å²) in [4.78, 5) is 0. The van der Waals surface area contributed by atoms with Crippen LogP contribution in [0.3, 0.4) is 0 Å². The minimum absolute atomic E-state index is 0.133. The van der Waals surface area contributed by atoms with Gasteiger partial charge in [-0.05, 0) is 35.2 Å². The van der Waals surface area contributed by atoms with Crippen LogP contribution in [0.1, 0.15) is 47.8 Å². The Morgan fingerprint density at radius 1 is 0.933 bits per heavy atom. The Balaban J connectivity index is 1.65. The van der Waals surface area contributed by atoms with E-state index in [1.807, 2.05) is 18.2 Å². The molecule has 2 aliphatic rings. The largest absolute Gasteiger partial charge is 0.467 e. The van der Waals surface area contributed by atoms with Crippen LogP contribution in [0.4, 0.5) is 0 Å². The number of rotatable bonds is 5. The van der Waals surface area contributed by atoms with E-state index in [1.54, 1.807) is 12.1 Å². The van der Waals surface area contributed by atoms with Crippen LogP contribution in [0, 0.1) is 0 Å². The summed E-state index contributed by atoms with van der Waals surface area (Å²) < 4.78 is 17.2. The predicted octanol–water partition coefficient (Wildman–Crippen LogP) is 1.61. The third kappa shape index (κ3) is 3.97. The maximum absolute atomic E-state index is 10.5. The van der Waals surface area contributed by atoms with Crippen LogP contribution < -0.4 is 4.74 Å². The number of ether oxygens (including phenoxy) is 3. The minimum atomic E-state index is -1.42. The first-order chi connectivity index (χ1) is 14.5. The molecule has 30 heavy (non-hydrogen) atoms. The Labute approximate surface area is 175 Å². The van der Waals surface area contributed by atoms with Gasteiger partial charge in [-0.15, -0.1) is 0 Å². The van der Waals surface area contributed by atoms with Crippen LogP contribution in [0.15, 0.2) is 42.5 Å². The number of aliphatic hydroxyl groups is 4. The van der Waals surface area contributed by atoms with Crippen molar-refractivity contribution < 1.29 is 34.6 Å². The lowest BCUT2D eigenvalue weighted by molar-refractivity contribution is -0.231. The second kappa shape index (κ2) is 9.01. The molecule has 0 bridgehead atoms. The molecule has 6 unspecified atom stereocenters. The summed E-state index contributed by atoms with van der Waals surface area (Å²) in [6, 6.07) is 13.6. The first-order valence-electron chi connectivity index (χ1n) is 10.3. The normalized spacial score (nSPS) is 31.1. The fraction of sp³-hybridized carbons (Fsp3) is 0.478. The molecule has 162 valence electrons. The lowest BCUT2D eigenvalue weighted by Crippen LogP contribution is -2.55. The first-order valence-corrected chi connectivity index (χ1v) is 10.3. The van der Waals surface area contributed by atoms with E-state index in [1.165, 1.54) is 5.56 Å². The molecule has 7 heteroatoms. The van der Waals surface area contributed by atoms with Crippen molar-refractivity contribution in [1.29, 1.82) is 0 Å². The van der Waals surface area contributed by atoms with Crippen molar-refractivity contribution in [2.24, 2.45) is 0 Å².